The minimum atomic E-state index is -1.05. The fourth-order valence-corrected chi connectivity index (χ4v) is 4.73. The first kappa shape index (κ1) is 25.9. The van der Waals surface area contributed by atoms with E-state index in [0.29, 0.717) is 24.0 Å². The number of carbonyl (C=O) groups excluding carboxylic acids is 2. The van der Waals surface area contributed by atoms with E-state index in [-0.39, 0.29) is 29.5 Å². The third kappa shape index (κ3) is 6.10. The van der Waals surface area contributed by atoms with Crippen molar-refractivity contribution in [2.24, 2.45) is 10.8 Å². The maximum absolute atomic E-state index is 13.0. The molecule has 1 fully saturated rings. The van der Waals surface area contributed by atoms with Crippen molar-refractivity contribution in [2.45, 2.75) is 85.7 Å². The number of hydrogen-bond donors (Lipinski definition) is 3. The van der Waals surface area contributed by atoms with E-state index in [2.05, 4.69) is 0 Å². The zero-order valence-corrected chi connectivity index (χ0v) is 20.3. The lowest BCUT2D eigenvalue weighted by molar-refractivity contribution is -0.131. The molecule has 1 saturated carbocycles. The number of rotatable bonds is 9. The third-order valence-electron chi connectivity index (χ3n) is 7.02. The van der Waals surface area contributed by atoms with Crippen LogP contribution in [0.4, 0.5) is 0 Å². The van der Waals surface area contributed by atoms with Crippen molar-refractivity contribution in [2.75, 3.05) is 0 Å². The molecule has 0 aromatic heterocycles. The van der Waals surface area contributed by atoms with E-state index in [1.54, 1.807) is 20.8 Å². The summed E-state index contributed by atoms with van der Waals surface area (Å²) in [6.07, 6.45) is 8.38. The van der Waals surface area contributed by atoms with Crippen molar-refractivity contribution in [1.82, 2.24) is 0 Å². The summed E-state index contributed by atoms with van der Waals surface area (Å²) < 4.78 is 0. The molecule has 0 unspecified atom stereocenters. The molecule has 0 spiro atoms. The Hall–Kier alpha value is -2.40. The molecule has 2 atom stereocenters. The molecule has 3 N–H and O–H groups in total. The summed E-state index contributed by atoms with van der Waals surface area (Å²) >= 11 is 0. The van der Waals surface area contributed by atoms with Gasteiger partial charge < -0.3 is 15.3 Å². The number of Topliss-reactive ketones (excluding diaryl/α,β-unsaturated/α-hetero) is 1. The molecular weight excluding hydrogens is 404 g/mol. The lowest BCUT2D eigenvalue weighted by Gasteiger charge is -2.39. The van der Waals surface area contributed by atoms with E-state index in [4.69, 9.17) is 0 Å². The van der Waals surface area contributed by atoms with Crippen molar-refractivity contribution < 1.29 is 24.9 Å². The van der Waals surface area contributed by atoms with Crippen molar-refractivity contribution in [3.63, 3.8) is 0 Å². The van der Waals surface area contributed by atoms with E-state index in [1.165, 1.54) is 24.3 Å². The van der Waals surface area contributed by atoms with Crippen LogP contribution in [0, 0.1) is 17.8 Å². The van der Waals surface area contributed by atoms with Gasteiger partial charge in [-0.3, -0.25) is 9.59 Å². The molecule has 32 heavy (non-hydrogen) atoms. The first-order valence-corrected chi connectivity index (χ1v) is 11.3. The molecule has 1 aliphatic carbocycles. The number of hydrogen-bond acceptors (Lipinski definition) is 5. The first-order chi connectivity index (χ1) is 14.7. The Labute approximate surface area is 191 Å². The molecule has 0 heterocycles. The lowest BCUT2D eigenvalue weighted by atomic mass is 9.63. The molecular formula is C27H38O5. The zero-order valence-electron chi connectivity index (χ0n) is 20.3. The number of aromatic hydroxyl groups is 2. The van der Waals surface area contributed by atoms with Crippen molar-refractivity contribution in [3.05, 3.63) is 47.1 Å². The molecule has 1 aromatic carbocycles. The minimum absolute atomic E-state index is 0.0329. The van der Waals surface area contributed by atoms with E-state index in [1.807, 2.05) is 26.8 Å². The number of ketones is 2. The topological polar surface area (TPSA) is 94.8 Å². The number of benzene rings is 1. The van der Waals surface area contributed by atoms with Crippen LogP contribution in [0.15, 0.2) is 35.9 Å². The van der Waals surface area contributed by atoms with Gasteiger partial charge in [-0.25, -0.2) is 0 Å². The van der Waals surface area contributed by atoms with Crippen molar-refractivity contribution >= 4 is 11.6 Å². The summed E-state index contributed by atoms with van der Waals surface area (Å²) in [5, 5.41) is 29.9. The smallest absolute Gasteiger partial charge is 0.161 e. The van der Waals surface area contributed by atoms with Crippen LogP contribution in [-0.4, -0.2) is 32.5 Å². The molecule has 0 radical (unpaired) electrons. The number of carbonyl (C=O) groups is 2. The van der Waals surface area contributed by atoms with E-state index in [9.17, 15) is 24.9 Å². The van der Waals surface area contributed by atoms with Crippen LogP contribution < -0.4 is 0 Å². The highest BCUT2D eigenvalue weighted by atomic mass is 16.3. The van der Waals surface area contributed by atoms with Crippen LogP contribution in [0.2, 0.25) is 0 Å². The van der Waals surface area contributed by atoms with Gasteiger partial charge in [-0.15, -0.1) is 0 Å². The Balaban J connectivity index is 2.08. The largest absolute Gasteiger partial charge is 0.508 e. The molecule has 2 rings (SSSR count). The number of allylic oxidation sites excluding steroid dienone is 3. The van der Waals surface area contributed by atoms with Gasteiger partial charge in [0.05, 0.1) is 5.60 Å². The van der Waals surface area contributed by atoms with Gasteiger partial charge in [-0.1, -0.05) is 38.0 Å². The Morgan fingerprint density at radius 1 is 1.16 bits per heavy atom. The Bertz CT molecular complexity index is 934. The second kappa shape index (κ2) is 9.62. The Kier molecular flexibility index (Phi) is 7.77. The van der Waals surface area contributed by atoms with Crippen LogP contribution in [-0.2, 0) is 16.0 Å². The van der Waals surface area contributed by atoms with Gasteiger partial charge in [-0.05, 0) is 76.1 Å². The standard InChI is InChI=1S/C27H38O5/c1-18(8-9-20-16-21(28)15-19(2)24(20)31)14-22(29)17-26(5)11-7-12-27(26,6)23(30)10-13-25(3,4)32/h8,10,13,15-16,28,31-32H,7,9,11-12,14,17H2,1-6H3/t26-,27+/m0/s1. The summed E-state index contributed by atoms with van der Waals surface area (Å²) in [6, 6.07) is 3.04. The zero-order chi connectivity index (χ0) is 24.3. The minimum Gasteiger partial charge on any atom is -0.508 e. The first-order valence-electron chi connectivity index (χ1n) is 11.3. The van der Waals surface area contributed by atoms with Crippen molar-refractivity contribution in [3.8, 4) is 11.5 Å². The van der Waals surface area contributed by atoms with Gasteiger partial charge in [-0.2, -0.15) is 0 Å². The highest BCUT2D eigenvalue weighted by molar-refractivity contribution is 5.96. The molecule has 5 heteroatoms. The highest BCUT2D eigenvalue weighted by Crippen LogP contribution is 2.55. The quantitative estimate of drug-likeness (QED) is 0.273. The van der Waals surface area contributed by atoms with Gasteiger partial charge in [0, 0.05) is 23.8 Å². The van der Waals surface area contributed by atoms with Gasteiger partial charge in [0.15, 0.2) is 5.78 Å². The second-order valence-corrected chi connectivity index (χ2v) is 10.5. The molecule has 5 nitrogen and oxygen atoms in total. The maximum atomic E-state index is 13.0. The van der Waals surface area contributed by atoms with Gasteiger partial charge in [0.25, 0.3) is 0 Å². The molecule has 0 aliphatic heterocycles. The molecule has 1 aliphatic rings. The maximum Gasteiger partial charge on any atom is 0.161 e. The van der Waals surface area contributed by atoms with Gasteiger partial charge >= 0.3 is 0 Å². The van der Waals surface area contributed by atoms with Crippen LogP contribution in [0.25, 0.3) is 0 Å². The normalized spacial score (nSPS) is 24.3. The molecule has 0 bridgehead atoms. The molecule has 1 aromatic rings. The molecule has 0 saturated heterocycles. The summed E-state index contributed by atoms with van der Waals surface area (Å²) in [4.78, 5) is 25.9. The van der Waals surface area contributed by atoms with Crippen molar-refractivity contribution in [1.29, 1.82) is 0 Å². The number of aliphatic hydroxyl groups is 1. The predicted molar refractivity (Wildman–Crippen MR) is 127 cm³/mol. The van der Waals surface area contributed by atoms with E-state index >= 15 is 0 Å². The fraction of sp³-hybridized carbons (Fsp3) is 0.556. The average Bonchev–Trinajstić information content (AvgIpc) is 2.95. The number of aryl methyl sites for hydroxylation is 1. The fourth-order valence-electron chi connectivity index (χ4n) is 4.73. The molecule has 176 valence electrons. The Morgan fingerprint density at radius 2 is 1.81 bits per heavy atom. The molecule has 0 amide bonds. The SMILES string of the molecule is CC(=CCc1cc(O)cc(C)c1O)CC(=O)C[C@]1(C)CCC[C@]1(C)C(=O)C=CC(C)(C)O. The third-order valence-corrected chi connectivity index (χ3v) is 7.02. The van der Waals surface area contributed by atoms with Crippen LogP contribution in [0.1, 0.15) is 77.8 Å². The average molecular weight is 443 g/mol. The number of phenolic OH excluding ortho intramolecular Hbond substituents is 2. The van der Waals surface area contributed by atoms with Gasteiger partial charge in [0.1, 0.15) is 17.3 Å². The highest BCUT2D eigenvalue weighted by Gasteiger charge is 2.52. The summed E-state index contributed by atoms with van der Waals surface area (Å²) in [5.74, 6) is 0.318. The predicted octanol–water partition coefficient (Wildman–Crippen LogP) is 5.34. The summed E-state index contributed by atoms with van der Waals surface area (Å²) in [6.45, 7) is 10.8. The Morgan fingerprint density at radius 3 is 2.44 bits per heavy atom. The van der Waals surface area contributed by atoms with Crippen LogP contribution in [0.3, 0.4) is 0 Å². The van der Waals surface area contributed by atoms with E-state index < -0.39 is 16.4 Å². The van der Waals surface area contributed by atoms with Crippen LogP contribution >= 0.6 is 0 Å². The summed E-state index contributed by atoms with van der Waals surface area (Å²) in [7, 11) is 0. The number of phenols is 2. The second-order valence-electron chi connectivity index (χ2n) is 10.5. The lowest BCUT2D eigenvalue weighted by Crippen LogP contribution is -2.40. The van der Waals surface area contributed by atoms with Crippen LogP contribution in [0.5, 0.6) is 11.5 Å². The van der Waals surface area contributed by atoms with Gasteiger partial charge in [0.2, 0.25) is 0 Å². The van der Waals surface area contributed by atoms with E-state index in [0.717, 1.165) is 24.8 Å². The monoisotopic (exact) mass is 442 g/mol. The summed E-state index contributed by atoms with van der Waals surface area (Å²) in [5.41, 5.74) is 0.0137.